The number of hydrogen-bond acceptors (Lipinski definition) is 1. The van der Waals surface area contributed by atoms with Crippen molar-refractivity contribution >= 4 is 11.0 Å². The Kier molecular flexibility index (Phi) is 6.41. The fourth-order valence-electron chi connectivity index (χ4n) is 4.00. The van der Waals surface area contributed by atoms with Gasteiger partial charge in [-0.3, -0.25) is 0 Å². The highest BCUT2D eigenvalue weighted by molar-refractivity contribution is 5.76. The molecule has 2 heteroatoms. The monoisotopic (exact) mass is 382 g/mol. The summed E-state index contributed by atoms with van der Waals surface area (Å²) in [5.74, 6) is 1.22. The van der Waals surface area contributed by atoms with Crippen molar-refractivity contribution in [3.63, 3.8) is 0 Å². The second kappa shape index (κ2) is 9.56. The normalized spacial score (nSPS) is 11.2. The minimum absolute atomic E-state index is 0.875. The highest BCUT2D eigenvalue weighted by Crippen LogP contribution is 2.22. The average Bonchev–Trinajstić information content (AvgIpc) is 3.12. The first-order chi connectivity index (χ1) is 14.3. The zero-order valence-electron chi connectivity index (χ0n) is 17.3. The minimum atomic E-state index is 0.875. The number of aromatic nitrogens is 2. The number of aryl methyl sites for hydroxylation is 1. The van der Waals surface area contributed by atoms with Crippen LogP contribution in [0.5, 0.6) is 0 Å². The van der Waals surface area contributed by atoms with Crippen molar-refractivity contribution in [2.45, 2.75) is 52.0 Å². The van der Waals surface area contributed by atoms with Gasteiger partial charge in [0.25, 0.3) is 0 Å². The maximum Gasteiger partial charge on any atom is 0.110 e. The van der Waals surface area contributed by atoms with Crippen molar-refractivity contribution in [2.24, 2.45) is 0 Å². The van der Waals surface area contributed by atoms with Crippen LogP contribution in [0, 0.1) is 0 Å². The molecule has 0 saturated heterocycles. The fraction of sp³-hybridized carbons (Fsp3) is 0.296. The molecule has 0 atom stereocenters. The molecule has 0 spiro atoms. The first-order valence-electron chi connectivity index (χ1n) is 10.9. The summed E-state index contributed by atoms with van der Waals surface area (Å²) in [6.07, 6.45) is 7.53. The van der Waals surface area contributed by atoms with Gasteiger partial charge in [-0.15, -0.1) is 0 Å². The van der Waals surface area contributed by atoms with Gasteiger partial charge >= 0.3 is 0 Å². The van der Waals surface area contributed by atoms with E-state index in [2.05, 4.69) is 90.4 Å². The van der Waals surface area contributed by atoms with Gasteiger partial charge in [0.15, 0.2) is 0 Å². The number of nitrogens with zero attached hydrogens (tertiary/aromatic N) is 2. The predicted molar refractivity (Wildman–Crippen MR) is 123 cm³/mol. The van der Waals surface area contributed by atoms with Gasteiger partial charge in [-0.1, -0.05) is 99.3 Å². The molecule has 0 saturated carbocycles. The maximum absolute atomic E-state index is 4.95. The van der Waals surface area contributed by atoms with Crippen LogP contribution in [0.2, 0.25) is 0 Å². The Morgan fingerprint density at radius 1 is 0.690 bits per heavy atom. The average molecular weight is 383 g/mol. The van der Waals surface area contributed by atoms with Gasteiger partial charge in [0, 0.05) is 13.0 Å². The lowest BCUT2D eigenvalue weighted by Gasteiger charge is -2.11. The summed E-state index contributed by atoms with van der Waals surface area (Å²) in [5, 5.41) is 0. The lowest BCUT2D eigenvalue weighted by Crippen LogP contribution is -2.05. The van der Waals surface area contributed by atoms with E-state index in [0.717, 1.165) is 18.5 Å². The summed E-state index contributed by atoms with van der Waals surface area (Å²) in [6, 6.07) is 28.1. The molecule has 148 valence electrons. The highest BCUT2D eigenvalue weighted by atomic mass is 15.1. The van der Waals surface area contributed by atoms with Gasteiger partial charge in [0.1, 0.15) is 5.82 Å². The number of benzene rings is 3. The summed E-state index contributed by atoms with van der Waals surface area (Å²) < 4.78 is 2.41. The Morgan fingerprint density at radius 3 is 2.17 bits per heavy atom. The molecule has 29 heavy (non-hydrogen) atoms. The fourth-order valence-corrected chi connectivity index (χ4v) is 4.00. The SMILES string of the molecule is CCCCCCCc1nc2ccccc2n1Cc1ccc(-c2ccccc2)cc1. The summed E-state index contributed by atoms with van der Waals surface area (Å²) in [7, 11) is 0. The molecule has 0 aliphatic rings. The Morgan fingerprint density at radius 2 is 1.38 bits per heavy atom. The van der Waals surface area contributed by atoms with Gasteiger partial charge in [0.2, 0.25) is 0 Å². The van der Waals surface area contributed by atoms with Gasteiger partial charge < -0.3 is 4.57 Å². The molecule has 0 bridgehead atoms. The van der Waals surface area contributed by atoms with Crippen molar-refractivity contribution in [1.29, 1.82) is 0 Å². The summed E-state index contributed by atoms with van der Waals surface area (Å²) in [5.41, 5.74) is 6.20. The largest absolute Gasteiger partial charge is 0.323 e. The van der Waals surface area contributed by atoms with E-state index in [9.17, 15) is 0 Å². The molecular formula is C27H30N2. The van der Waals surface area contributed by atoms with Crippen molar-refractivity contribution in [3.8, 4) is 11.1 Å². The van der Waals surface area contributed by atoms with E-state index < -0.39 is 0 Å². The molecule has 0 aliphatic carbocycles. The third-order valence-corrected chi connectivity index (χ3v) is 5.64. The molecule has 1 heterocycles. The van der Waals surface area contributed by atoms with Gasteiger partial charge in [0.05, 0.1) is 11.0 Å². The number of hydrogen-bond donors (Lipinski definition) is 0. The quantitative estimate of drug-likeness (QED) is 0.278. The maximum atomic E-state index is 4.95. The van der Waals surface area contributed by atoms with E-state index in [1.54, 1.807) is 0 Å². The van der Waals surface area contributed by atoms with Crippen LogP contribution in [0.1, 0.15) is 50.4 Å². The first kappa shape index (κ1) is 19.4. The number of unbranched alkanes of at least 4 members (excludes halogenated alkanes) is 4. The molecule has 2 nitrogen and oxygen atoms in total. The molecule has 0 aliphatic heterocycles. The van der Waals surface area contributed by atoms with Crippen LogP contribution in [-0.4, -0.2) is 9.55 Å². The van der Waals surface area contributed by atoms with Crippen molar-refractivity contribution in [1.82, 2.24) is 9.55 Å². The van der Waals surface area contributed by atoms with E-state index in [1.165, 1.54) is 60.1 Å². The molecule has 3 aromatic carbocycles. The lowest BCUT2D eigenvalue weighted by molar-refractivity contribution is 0.610. The zero-order chi connectivity index (χ0) is 19.9. The lowest BCUT2D eigenvalue weighted by atomic mass is 10.0. The van der Waals surface area contributed by atoms with Crippen molar-refractivity contribution in [2.75, 3.05) is 0 Å². The van der Waals surface area contributed by atoms with Gasteiger partial charge in [-0.2, -0.15) is 0 Å². The molecule has 1 aromatic heterocycles. The van der Waals surface area contributed by atoms with Crippen molar-refractivity contribution < 1.29 is 0 Å². The van der Waals surface area contributed by atoms with E-state index in [0.29, 0.717) is 0 Å². The number of para-hydroxylation sites is 2. The third kappa shape index (κ3) is 4.76. The Bertz CT molecular complexity index is 1030. The van der Waals surface area contributed by atoms with E-state index in [1.807, 2.05) is 0 Å². The molecule has 0 amide bonds. The Balaban J connectivity index is 1.54. The van der Waals surface area contributed by atoms with Crippen LogP contribution in [0.4, 0.5) is 0 Å². The van der Waals surface area contributed by atoms with E-state index >= 15 is 0 Å². The van der Waals surface area contributed by atoms with E-state index in [4.69, 9.17) is 4.98 Å². The van der Waals surface area contributed by atoms with Gasteiger partial charge in [-0.25, -0.2) is 4.98 Å². The summed E-state index contributed by atoms with van der Waals surface area (Å²) in [6.45, 7) is 3.14. The third-order valence-electron chi connectivity index (χ3n) is 5.64. The molecule has 0 N–H and O–H groups in total. The number of fused-ring (bicyclic) bond motifs is 1. The first-order valence-corrected chi connectivity index (χ1v) is 10.9. The zero-order valence-corrected chi connectivity index (χ0v) is 17.3. The van der Waals surface area contributed by atoms with Crippen molar-refractivity contribution in [3.05, 3.63) is 90.3 Å². The molecule has 4 rings (SSSR count). The minimum Gasteiger partial charge on any atom is -0.323 e. The molecule has 0 radical (unpaired) electrons. The van der Waals surface area contributed by atoms with Crippen LogP contribution < -0.4 is 0 Å². The summed E-state index contributed by atoms with van der Waals surface area (Å²) in [4.78, 5) is 4.95. The second-order valence-corrected chi connectivity index (χ2v) is 7.83. The molecular weight excluding hydrogens is 352 g/mol. The smallest absolute Gasteiger partial charge is 0.110 e. The molecule has 0 fully saturated rings. The number of rotatable bonds is 9. The van der Waals surface area contributed by atoms with Crippen LogP contribution in [-0.2, 0) is 13.0 Å². The predicted octanol–water partition coefficient (Wildman–Crippen LogP) is 7.26. The summed E-state index contributed by atoms with van der Waals surface area (Å²) >= 11 is 0. The van der Waals surface area contributed by atoms with E-state index in [-0.39, 0.29) is 0 Å². The Hall–Kier alpha value is -2.87. The Labute approximate surface area is 174 Å². The highest BCUT2D eigenvalue weighted by Gasteiger charge is 2.11. The van der Waals surface area contributed by atoms with Crippen LogP contribution in [0.25, 0.3) is 22.2 Å². The second-order valence-electron chi connectivity index (χ2n) is 7.83. The van der Waals surface area contributed by atoms with Crippen LogP contribution in [0.3, 0.4) is 0 Å². The topological polar surface area (TPSA) is 17.8 Å². The number of imidazole rings is 1. The molecule has 0 unspecified atom stereocenters. The van der Waals surface area contributed by atoms with Gasteiger partial charge in [-0.05, 0) is 35.2 Å². The standard InChI is InChI=1S/C27H30N2/c1-2-3-4-5-9-16-27-28-25-14-10-11-15-26(25)29(27)21-22-17-19-24(20-18-22)23-12-7-6-8-13-23/h6-8,10-15,17-20H,2-5,9,16,21H2,1H3. The van der Waals surface area contributed by atoms with Crippen LogP contribution >= 0.6 is 0 Å². The molecule has 4 aromatic rings. The van der Waals surface area contributed by atoms with Crippen LogP contribution in [0.15, 0.2) is 78.9 Å².